The molecule has 5 nitrogen and oxygen atoms in total. The summed E-state index contributed by atoms with van der Waals surface area (Å²) in [7, 11) is 0. The van der Waals surface area contributed by atoms with E-state index in [0.29, 0.717) is 21.2 Å². The molecule has 0 unspecified atom stereocenters. The van der Waals surface area contributed by atoms with Crippen molar-refractivity contribution in [3.05, 3.63) is 79.5 Å². The summed E-state index contributed by atoms with van der Waals surface area (Å²) < 4.78 is 2.44. The van der Waals surface area contributed by atoms with E-state index in [1.54, 1.807) is 28.8 Å². The van der Waals surface area contributed by atoms with E-state index in [1.165, 1.54) is 35.2 Å². The molecule has 9 heteroatoms. The molecule has 1 aliphatic heterocycles. The molecule has 0 radical (unpaired) electrons. The maximum atomic E-state index is 12.9. The van der Waals surface area contributed by atoms with Gasteiger partial charge in [0.25, 0.3) is 5.69 Å². The quantitative estimate of drug-likeness (QED) is 0.272. The summed E-state index contributed by atoms with van der Waals surface area (Å²) in [4.78, 5) is 24.0. The molecule has 0 aliphatic carbocycles. The molecule has 0 N–H and O–H groups in total. The van der Waals surface area contributed by atoms with E-state index in [1.807, 2.05) is 23.6 Å². The van der Waals surface area contributed by atoms with Crippen molar-refractivity contribution in [2.45, 2.75) is 4.34 Å². The molecule has 1 aromatic heterocycles. The molecular formula is C18H10Cl2N2O3S2. The van der Waals surface area contributed by atoms with Crippen molar-refractivity contribution in [2.24, 2.45) is 0 Å². The van der Waals surface area contributed by atoms with Crippen LogP contribution in [0, 0.1) is 10.1 Å². The largest absolute Gasteiger partial charge is 1.00 e. The van der Waals surface area contributed by atoms with Gasteiger partial charge in [-0.3, -0.25) is 10.1 Å². The van der Waals surface area contributed by atoms with E-state index in [2.05, 4.69) is 0 Å². The Hall–Kier alpha value is -2.19. The molecule has 0 spiro atoms. The average Bonchev–Trinajstić information content (AvgIpc) is 3.18. The van der Waals surface area contributed by atoms with Crippen LogP contribution in [0.15, 0.2) is 63.2 Å². The number of allylic oxidation sites excluding steroid dienone is 1. The molecule has 4 rings (SSSR count). The molecule has 2 heterocycles. The van der Waals surface area contributed by atoms with Crippen LogP contribution in [0.5, 0.6) is 0 Å². The maximum Gasteiger partial charge on any atom is 0.433 e. The highest BCUT2D eigenvalue weighted by molar-refractivity contribution is 8.05. The van der Waals surface area contributed by atoms with E-state index in [9.17, 15) is 14.9 Å². The SMILES string of the molecule is O=C1/C(=C/c2ccc(Cl)cc2)Sc2scc(-c3cccc([N+](=O)[O-])c3)[n+]21.[Cl-]. The molecule has 0 fully saturated rings. The Labute approximate surface area is 173 Å². The second-order valence-electron chi connectivity index (χ2n) is 5.50. The summed E-state index contributed by atoms with van der Waals surface area (Å²) in [5.74, 6) is -0.136. The highest BCUT2D eigenvalue weighted by Gasteiger charge is 2.40. The van der Waals surface area contributed by atoms with E-state index in [-0.39, 0.29) is 24.0 Å². The van der Waals surface area contributed by atoms with Crippen molar-refractivity contribution in [1.82, 2.24) is 0 Å². The molecule has 0 saturated heterocycles. The van der Waals surface area contributed by atoms with E-state index < -0.39 is 4.92 Å². The van der Waals surface area contributed by atoms with Crippen LogP contribution in [0.25, 0.3) is 17.3 Å². The van der Waals surface area contributed by atoms with Crippen molar-refractivity contribution >= 4 is 52.4 Å². The van der Waals surface area contributed by atoms with Gasteiger partial charge in [-0.1, -0.05) is 41.1 Å². The highest BCUT2D eigenvalue weighted by atomic mass is 35.5. The Morgan fingerprint density at radius 2 is 1.89 bits per heavy atom. The molecule has 0 saturated carbocycles. The third kappa shape index (κ3) is 3.77. The summed E-state index contributed by atoms with van der Waals surface area (Å²) in [5.41, 5.74) is 2.19. The molecule has 0 bridgehead atoms. The normalized spacial score (nSPS) is 14.1. The van der Waals surface area contributed by atoms with E-state index >= 15 is 0 Å². The topological polar surface area (TPSA) is 64.1 Å². The minimum absolute atomic E-state index is 0. The fourth-order valence-corrected chi connectivity index (χ4v) is 4.90. The molecule has 0 atom stereocenters. The van der Waals surface area contributed by atoms with Crippen LogP contribution < -0.4 is 17.0 Å². The van der Waals surface area contributed by atoms with Crippen LogP contribution in [0.1, 0.15) is 10.4 Å². The monoisotopic (exact) mass is 436 g/mol. The zero-order valence-corrected chi connectivity index (χ0v) is 16.6. The van der Waals surface area contributed by atoms with Crippen molar-refractivity contribution in [2.75, 3.05) is 0 Å². The molecule has 0 amide bonds. The minimum Gasteiger partial charge on any atom is -1.00 e. The number of hydrogen-bond donors (Lipinski definition) is 0. The number of nitrogens with zero attached hydrogens (tertiary/aromatic N) is 2. The van der Waals surface area contributed by atoms with Gasteiger partial charge in [0, 0.05) is 28.9 Å². The summed E-state index contributed by atoms with van der Waals surface area (Å²) in [5, 5.41) is 13.5. The van der Waals surface area contributed by atoms with Crippen LogP contribution in [0.3, 0.4) is 0 Å². The smallest absolute Gasteiger partial charge is 0.433 e. The van der Waals surface area contributed by atoms with Crippen LogP contribution in [0.4, 0.5) is 5.69 Å². The zero-order valence-electron chi connectivity index (χ0n) is 13.5. The number of thioether (sulfide) groups is 1. The van der Waals surface area contributed by atoms with Gasteiger partial charge < -0.3 is 12.4 Å². The highest BCUT2D eigenvalue weighted by Crippen LogP contribution is 2.38. The number of halogens is 2. The Morgan fingerprint density at radius 1 is 1.15 bits per heavy atom. The van der Waals surface area contributed by atoms with E-state index in [0.717, 1.165) is 9.90 Å². The fourth-order valence-electron chi connectivity index (χ4n) is 2.60. The first-order chi connectivity index (χ1) is 12.5. The molecule has 27 heavy (non-hydrogen) atoms. The predicted octanol–water partition coefficient (Wildman–Crippen LogP) is 2.06. The van der Waals surface area contributed by atoms with Crippen molar-refractivity contribution in [1.29, 1.82) is 0 Å². The number of rotatable bonds is 3. The van der Waals surface area contributed by atoms with Gasteiger partial charge in [-0.05, 0) is 29.8 Å². The summed E-state index contributed by atoms with van der Waals surface area (Å²) in [6, 6.07) is 13.5. The zero-order chi connectivity index (χ0) is 18.3. The lowest BCUT2D eigenvalue weighted by molar-refractivity contribution is -0.588. The summed E-state index contributed by atoms with van der Waals surface area (Å²) in [6.07, 6.45) is 1.82. The van der Waals surface area contributed by atoms with Gasteiger partial charge >= 0.3 is 10.2 Å². The third-order valence-electron chi connectivity index (χ3n) is 3.83. The van der Waals surface area contributed by atoms with Gasteiger partial charge in [0.1, 0.15) is 4.91 Å². The van der Waals surface area contributed by atoms with Gasteiger partial charge in [0.05, 0.1) is 15.9 Å². The first-order valence-electron chi connectivity index (χ1n) is 7.51. The number of nitro benzene ring substituents is 1. The number of thiazole rings is 1. The molecule has 3 aromatic rings. The fraction of sp³-hybridized carbons (Fsp3) is 0. The maximum absolute atomic E-state index is 12.9. The number of nitro groups is 1. The van der Waals surface area contributed by atoms with Crippen LogP contribution >= 0.6 is 34.7 Å². The standard InChI is InChI=1S/C18H10ClN2O3S2.ClH/c19-13-6-4-11(5-7-13)8-16-17(22)20-15(10-25-18(20)26-16)12-2-1-3-14(9-12)21(23)24;/h1-10H;1H/q+1;/p-1/b16-8-;. The van der Waals surface area contributed by atoms with Gasteiger partial charge in [-0.15, -0.1) is 4.57 Å². The molecular weight excluding hydrogens is 427 g/mol. The first kappa shape index (κ1) is 19.6. The number of carbonyl (C=O) groups is 1. The van der Waals surface area contributed by atoms with Gasteiger partial charge in [-0.25, -0.2) is 4.79 Å². The van der Waals surface area contributed by atoms with Gasteiger partial charge in [0.2, 0.25) is 5.69 Å². The lowest BCUT2D eigenvalue weighted by Crippen LogP contribution is -3.00. The molecule has 1 aliphatic rings. The van der Waals surface area contributed by atoms with Crippen LogP contribution in [-0.4, -0.2) is 10.8 Å². The Kier molecular flexibility index (Phi) is 5.67. The minimum atomic E-state index is -0.441. The number of hydrogen-bond acceptors (Lipinski definition) is 5. The second kappa shape index (κ2) is 7.82. The Balaban J connectivity index is 0.00000210. The molecule has 2 aromatic carbocycles. The van der Waals surface area contributed by atoms with Gasteiger partial charge in [0.15, 0.2) is 0 Å². The number of non-ortho nitro benzene ring substituents is 1. The van der Waals surface area contributed by atoms with Crippen molar-refractivity contribution < 1.29 is 26.7 Å². The van der Waals surface area contributed by atoms with Crippen LogP contribution in [-0.2, 0) is 0 Å². The summed E-state index contributed by atoms with van der Waals surface area (Å²) >= 11 is 8.73. The van der Waals surface area contributed by atoms with Crippen LogP contribution in [0.2, 0.25) is 5.02 Å². The Bertz CT molecular complexity index is 1080. The number of fused-ring (bicyclic) bond motifs is 1. The van der Waals surface area contributed by atoms with E-state index in [4.69, 9.17) is 11.6 Å². The van der Waals surface area contributed by atoms with Crippen molar-refractivity contribution in [3.63, 3.8) is 0 Å². The second-order valence-corrected chi connectivity index (χ2v) is 8.08. The third-order valence-corrected chi connectivity index (χ3v) is 6.21. The average molecular weight is 437 g/mol. The number of benzene rings is 2. The molecule has 136 valence electrons. The van der Waals surface area contributed by atoms with Crippen molar-refractivity contribution in [3.8, 4) is 11.3 Å². The number of carbonyl (C=O) groups excluding carboxylic acids is 1. The lowest BCUT2D eigenvalue weighted by Gasteiger charge is -1.96. The summed E-state index contributed by atoms with van der Waals surface area (Å²) in [6.45, 7) is 0. The lowest BCUT2D eigenvalue weighted by atomic mass is 10.1. The Morgan fingerprint density at radius 3 is 2.59 bits per heavy atom. The number of aromatic nitrogens is 1. The predicted molar refractivity (Wildman–Crippen MR) is 103 cm³/mol. The van der Waals surface area contributed by atoms with Gasteiger partial charge in [-0.2, -0.15) is 0 Å². The first-order valence-corrected chi connectivity index (χ1v) is 9.58.